The Morgan fingerprint density at radius 1 is 1.15 bits per heavy atom. The van der Waals surface area contributed by atoms with Gasteiger partial charge in [-0.3, -0.25) is 24.5 Å². The molecule has 4 rings (SSSR count). The van der Waals surface area contributed by atoms with Crippen LogP contribution >= 0.6 is 23.2 Å². The standard InChI is InChI=1S/C23H19Cl2N3O5/c1-13-6-9-16-18(10-13)23(31)27(22(16)30)26(12-14-7-8-15(24)11-19(14)25)21(29)17-4-2-3-5-20(17)28(32)33/h2-8,11,16,18H,9-10,12H2,1H3/t16-,18-/m1/s1. The van der Waals surface area contributed by atoms with E-state index < -0.39 is 40.2 Å². The summed E-state index contributed by atoms with van der Waals surface area (Å²) < 4.78 is 0. The van der Waals surface area contributed by atoms with E-state index in [4.69, 9.17) is 23.2 Å². The molecule has 2 aromatic rings. The summed E-state index contributed by atoms with van der Waals surface area (Å²) in [7, 11) is 0. The average Bonchev–Trinajstić information content (AvgIpc) is 3.02. The fourth-order valence-corrected chi connectivity index (χ4v) is 4.72. The Morgan fingerprint density at radius 3 is 2.55 bits per heavy atom. The molecule has 33 heavy (non-hydrogen) atoms. The van der Waals surface area contributed by atoms with Gasteiger partial charge in [-0.2, -0.15) is 5.01 Å². The van der Waals surface area contributed by atoms with Crippen molar-refractivity contribution in [3.8, 4) is 0 Å². The van der Waals surface area contributed by atoms with Gasteiger partial charge in [-0.1, -0.05) is 53.1 Å². The number of imide groups is 1. The highest BCUT2D eigenvalue weighted by molar-refractivity contribution is 6.35. The van der Waals surface area contributed by atoms with E-state index in [0.717, 1.165) is 15.6 Å². The summed E-state index contributed by atoms with van der Waals surface area (Å²) in [6.45, 7) is 1.64. The van der Waals surface area contributed by atoms with Crippen molar-refractivity contribution in [1.29, 1.82) is 0 Å². The van der Waals surface area contributed by atoms with Crippen molar-refractivity contribution in [1.82, 2.24) is 10.0 Å². The van der Waals surface area contributed by atoms with Gasteiger partial charge in [0.15, 0.2) is 0 Å². The van der Waals surface area contributed by atoms with E-state index in [-0.39, 0.29) is 17.1 Å². The maximum Gasteiger partial charge on any atom is 0.282 e. The molecule has 0 aromatic heterocycles. The molecule has 0 spiro atoms. The number of halogens is 2. The third kappa shape index (κ3) is 4.24. The zero-order valence-corrected chi connectivity index (χ0v) is 19.0. The van der Waals surface area contributed by atoms with Crippen molar-refractivity contribution in [2.45, 2.75) is 26.3 Å². The summed E-state index contributed by atoms with van der Waals surface area (Å²) in [6, 6.07) is 10.0. The molecule has 3 amide bonds. The lowest BCUT2D eigenvalue weighted by Crippen LogP contribution is -2.50. The smallest absolute Gasteiger partial charge is 0.272 e. The number of carbonyl (C=O) groups is 3. The van der Waals surface area contributed by atoms with E-state index in [0.29, 0.717) is 23.4 Å². The molecule has 10 heteroatoms. The number of fused-ring (bicyclic) bond motifs is 1. The third-order valence-corrected chi connectivity index (χ3v) is 6.53. The second-order valence-electron chi connectivity index (χ2n) is 8.06. The fourth-order valence-electron chi connectivity index (χ4n) is 4.26. The Balaban J connectivity index is 1.78. The molecule has 2 aliphatic rings. The van der Waals surface area contributed by atoms with Crippen molar-refractivity contribution in [3.05, 3.63) is 85.4 Å². The summed E-state index contributed by atoms with van der Waals surface area (Å²) in [5, 5.41) is 13.9. The molecular weight excluding hydrogens is 469 g/mol. The van der Waals surface area contributed by atoms with Crippen molar-refractivity contribution < 1.29 is 19.3 Å². The molecule has 1 fully saturated rings. The van der Waals surface area contributed by atoms with Gasteiger partial charge in [0.25, 0.3) is 23.4 Å². The fraction of sp³-hybridized carbons (Fsp3) is 0.261. The second kappa shape index (κ2) is 8.96. The Kier molecular flexibility index (Phi) is 6.23. The first-order valence-electron chi connectivity index (χ1n) is 10.2. The predicted molar refractivity (Wildman–Crippen MR) is 121 cm³/mol. The van der Waals surface area contributed by atoms with Crippen LogP contribution in [0, 0.1) is 22.0 Å². The van der Waals surface area contributed by atoms with E-state index in [9.17, 15) is 24.5 Å². The Labute approximate surface area is 199 Å². The van der Waals surface area contributed by atoms with Crippen molar-refractivity contribution in [2.24, 2.45) is 11.8 Å². The van der Waals surface area contributed by atoms with Crippen LogP contribution < -0.4 is 0 Å². The number of hydrazine groups is 1. The van der Waals surface area contributed by atoms with Gasteiger partial charge in [-0.05, 0) is 43.5 Å². The molecule has 2 atom stereocenters. The van der Waals surface area contributed by atoms with E-state index in [1.54, 1.807) is 12.1 Å². The van der Waals surface area contributed by atoms with Crippen LogP contribution in [0.3, 0.4) is 0 Å². The minimum Gasteiger partial charge on any atom is -0.272 e. The molecular formula is C23H19Cl2N3O5. The lowest BCUT2D eigenvalue weighted by molar-refractivity contribution is -0.385. The van der Waals surface area contributed by atoms with Crippen molar-refractivity contribution in [2.75, 3.05) is 0 Å². The van der Waals surface area contributed by atoms with Gasteiger partial charge in [0, 0.05) is 16.1 Å². The molecule has 1 aliphatic carbocycles. The van der Waals surface area contributed by atoms with Crippen LogP contribution in [-0.4, -0.2) is 32.7 Å². The number of benzene rings is 2. The van der Waals surface area contributed by atoms with Crippen molar-refractivity contribution >= 4 is 46.6 Å². The lowest BCUT2D eigenvalue weighted by Gasteiger charge is -2.31. The molecule has 1 heterocycles. The number of nitrogens with zero attached hydrogens (tertiary/aromatic N) is 3. The molecule has 0 N–H and O–H groups in total. The largest absolute Gasteiger partial charge is 0.282 e. The van der Waals surface area contributed by atoms with Gasteiger partial charge in [-0.15, -0.1) is 0 Å². The quantitative estimate of drug-likeness (QED) is 0.261. The highest BCUT2D eigenvalue weighted by Gasteiger charge is 2.51. The maximum absolute atomic E-state index is 13.6. The molecule has 2 aromatic carbocycles. The van der Waals surface area contributed by atoms with Crippen molar-refractivity contribution in [3.63, 3.8) is 0 Å². The number of nitro benzene ring substituents is 1. The SMILES string of the molecule is CC1=CC[C@H]2C(=O)N(N(Cc3ccc(Cl)cc3Cl)C(=O)c3ccccc3[N+](=O)[O-])C(=O)[C@@H]2C1. The summed E-state index contributed by atoms with van der Waals surface area (Å²) in [4.78, 5) is 51.0. The second-order valence-corrected chi connectivity index (χ2v) is 8.91. The Hall–Kier alpha value is -3.23. The monoisotopic (exact) mass is 487 g/mol. The average molecular weight is 488 g/mol. The molecule has 170 valence electrons. The molecule has 1 aliphatic heterocycles. The lowest BCUT2D eigenvalue weighted by atomic mass is 9.82. The van der Waals surface area contributed by atoms with Crippen LogP contribution in [-0.2, 0) is 16.1 Å². The van der Waals surface area contributed by atoms with Gasteiger partial charge >= 0.3 is 0 Å². The minimum atomic E-state index is -0.849. The molecule has 8 nitrogen and oxygen atoms in total. The van der Waals surface area contributed by atoms with E-state index in [2.05, 4.69) is 0 Å². The Bertz CT molecular complexity index is 1210. The first kappa shape index (κ1) is 22.9. The number of rotatable bonds is 5. The maximum atomic E-state index is 13.6. The van der Waals surface area contributed by atoms with Gasteiger partial charge in [0.1, 0.15) is 5.56 Å². The van der Waals surface area contributed by atoms with Crippen LogP contribution in [0.2, 0.25) is 10.0 Å². The third-order valence-electron chi connectivity index (χ3n) is 5.94. The predicted octanol–water partition coefficient (Wildman–Crippen LogP) is 4.80. The van der Waals surface area contributed by atoms with E-state index in [1.165, 1.54) is 30.3 Å². The number of hydrogen-bond acceptors (Lipinski definition) is 5. The number of nitro groups is 1. The van der Waals surface area contributed by atoms with Crippen LogP contribution in [0.15, 0.2) is 54.1 Å². The van der Waals surface area contributed by atoms with Gasteiger partial charge < -0.3 is 0 Å². The van der Waals surface area contributed by atoms with Crippen LogP contribution in [0.1, 0.15) is 35.7 Å². The number of amides is 3. The summed E-state index contributed by atoms with van der Waals surface area (Å²) in [5.74, 6) is -3.02. The van der Waals surface area contributed by atoms with Crippen LogP contribution in [0.25, 0.3) is 0 Å². The zero-order valence-electron chi connectivity index (χ0n) is 17.5. The highest BCUT2D eigenvalue weighted by Crippen LogP contribution is 2.39. The number of para-hydroxylation sites is 1. The normalized spacial score (nSPS) is 19.8. The topological polar surface area (TPSA) is 101 Å². The van der Waals surface area contributed by atoms with Gasteiger partial charge in [-0.25, -0.2) is 5.01 Å². The van der Waals surface area contributed by atoms with Gasteiger partial charge in [0.05, 0.1) is 23.3 Å². The Morgan fingerprint density at radius 2 is 1.85 bits per heavy atom. The van der Waals surface area contributed by atoms with Crippen LogP contribution in [0.4, 0.5) is 5.69 Å². The van der Waals surface area contributed by atoms with E-state index >= 15 is 0 Å². The highest BCUT2D eigenvalue weighted by atomic mass is 35.5. The van der Waals surface area contributed by atoms with E-state index in [1.807, 2.05) is 13.0 Å². The summed E-state index contributed by atoms with van der Waals surface area (Å²) in [5.41, 5.74) is 0.760. The first-order chi connectivity index (χ1) is 15.7. The van der Waals surface area contributed by atoms with Crippen LogP contribution in [0.5, 0.6) is 0 Å². The molecule has 1 saturated heterocycles. The molecule has 0 saturated carbocycles. The minimum absolute atomic E-state index is 0.233. The zero-order chi connectivity index (χ0) is 23.9. The molecule has 0 bridgehead atoms. The number of hydrogen-bond donors (Lipinski definition) is 0. The van der Waals surface area contributed by atoms with Gasteiger partial charge in [0.2, 0.25) is 0 Å². The number of carbonyl (C=O) groups excluding carboxylic acids is 3. The number of allylic oxidation sites excluding steroid dienone is 2. The first-order valence-corrected chi connectivity index (χ1v) is 11.0. The summed E-state index contributed by atoms with van der Waals surface area (Å²) in [6.07, 6.45) is 2.73. The molecule has 0 unspecified atom stereocenters. The molecule has 0 radical (unpaired) electrons. The summed E-state index contributed by atoms with van der Waals surface area (Å²) >= 11 is 12.3.